The minimum atomic E-state index is -0.783. The first-order chi connectivity index (χ1) is 12.4. The molecule has 6 heteroatoms. The Bertz CT molecular complexity index is 719. The van der Waals surface area contributed by atoms with E-state index in [0.717, 1.165) is 19.3 Å². The second-order valence-corrected chi connectivity index (χ2v) is 8.41. The van der Waals surface area contributed by atoms with Gasteiger partial charge in [0.15, 0.2) is 11.9 Å². The lowest BCUT2D eigenvalue weighted by Crippen LogP contribution is -2.52. The molecule has 1 aromatic carbocycles. The average Bonchev–Trinajstić information content (AvgIpc) is 2.59. The molecule has 26 heavy (non-hydrogen) atoms. The monoisotopic (exact) mass is 357 g/mol. The molecule has 1 aromatic rings. The van der Waals surface area contributed by atoms with Crippen LogP contribution in [-0.2, 0) is 9.53 Å². The van der Waals surface area contributed by atoms with Crippen LogP contribution in [0.25, 0.3) is 0 Å². The van der Waals surface area contributed by atoms with E-state index >= 15 is 0 Å². The van der Waals surface area contributed by atoms with E-state index in [0.29, 0.717) is 17.8 Å². The Morgan fingerprint density at radius 3 is 2.04 bits per heavy atom. The number of hydrogen-bond acceptors (Lipinski definition) is 5. The normalized spacial score (nSPS) is 32.9. The number of carbonyl (C=O) groups is 2. The van der Waals surface area contributed by atoms with Gasteiger partial charge in [-0.15, -0.1) is 0 Å². The van der Waals surface area contributed by atoms with Crippen LogP contribution in [-0.4, -0.2) is 22.8 Å². The number of nitrogens with zero attached hydrogens (tertiary/aromatic N) is 1. The summed E-state index contributed by atoms with van der Waals surface area (Å²) in [7, 11) is 0. The minimum Gasteiger partial charge on any atom is -0.451 e. The topological polar surface area (TPSA) is 86.5 Å². The van der Waals surface area contributed by atoms with Crippen molar-refractivity contribution in [2.75, 3.05) is 0 Å². The highest BCUT2D eigenvalue weighted by Gasteiger charge is 2.55. The van der Waals surface area contributed by atoms with Crippen LogP contribution in [0.5, 0.6) is 0 Å². The van der Waals surface area contributed by atoms with Crippen LogP contribution in [0, 0.1) is 33.3 Å². The Kier molecular flexibility index (Phi) is 4.09. The quantitative estimate of drug-likeness (QED) is 0.453. The van der Waals surface area contributed by atoms with Crippen LogP contribution in [0.15, 0.2) is 24.3 Å². The molecule has 4 saturated carbocycles. The molecule has 138 valence electrons. The van der Waals surface area contributed by atoms with Crippen LogP contribution >= 0.6 is 0 Å². The van der Waals surface area contributed by atoms with Gasteiger partial charge in [0, 0.05) is 17.5 Å². The highest BCUT2D eigenvalue weighted by atomic mass is 16.6. The number of Topliss-reactive ketones (excluding diaryl/α,β-unsaturated/α-hetero) is 1. The number of carbonyl (C=O) groups excluding carboxylic acids is 2. The Balaban J connectivity index is 1.44. The summed E-state index contributed by atoms with van der Waals surface area (Å²) in [4.78, 5) is 35.6. The van der Waals surface area contributed by atoms with Crippen molar-refractivity contribution >= 4 is 17.4 Å². The van der Waals surface area contributed by atoms with Crippen molar-refractivity contribution in [2.24, 2.45) is 23.2 Å². The fourth-order valence-corrected chi connectivity index (χ4v) is 5.84. The van der Waals surface area contributed by atoms with Gasteiger partial charge in [0.05, 0.1) is 10.5 Å². The first-order valence-electron chi connectivity index (χ1n) is 9.36. The van der Waals surface area contributed by atoms with Crippen molar-refractivity contribution in [1.82, 2.24) is 0 Å². The summed E-state index contributed by atoms with van der Waals surface area (Å²) in [5.74, 6) is 1.42. The highest BCUT2D eigenvalue weighted by Crippen LogP contribution is 2.60. The van der Waals surface area contributed by atoms with Gasteiger partial charge in [-0.2, -0.15) is 0 Å². The maximum Gasteiger partial charge on any atom is 0.338 e. The van der Waals surface area contributed by atoms with E-state index < -0.39 is 17.0 Å². The van der Waals surface area contributed by atoms with Gasteiger partial charge in [-0.1, -0.05) is 0 Å². The molecule has 4 fully saturated rings. The molecule has 4 aliphatic carbocycles. The third-order valence-electron chi connectivity index (χ3n) is 6.53. The predicted molar refractivity (Wildman–Crippen MR) is 93.6 cm³/mol. The molecule has 0 heterocycles. The molecule has 0 saturated heterocycles. The van der Waals surface area contributed by atoms with Gasteiger partial charge >= 0.3 is 5.97 Å². The molecule has 0 spiro atoms. The summed E-state index contributed by atoms with van der Waals surface area (Å²) >= 11 is 0. The fraction of sp³-hybridized carbons (Fsp3) is 0.600. The van der Waals surface area contributed by atoms with Gasteiger partial charge in [0.25, 0.3) is 5.69 Å². The maximum atomic E-state index is 13.1. The summed E-state index contributed by atoms with van der Waals surface area (Å²) in [5.41, 5.74) is -0.163. The van der Waals surface area contributed by atoms with Crippen LogP contribution in [0.2, 0.25) is 0 Å². The molecule has 0 radical (unpaired) electrons. The summed E-state index contributed by atoms with van der Waals surface area (Å²) in [6, 6.07) is 5.26. The SMILES string of the molecule is C[C@H](OC(=O)c1ccc([N+](=O)[O-])cc1)C(=O)C12CC3CC(CC(C3)C1)C2. The van der Waals surface area contributed by atoms with Gasteiger partial charge in [0.1, 0.15) is 0 Å². The molecule has 0 aliphatic heterocycles. The van der Waals surface area contributed by atoms with E-state index in [1.54, 1.807) is 6.92 Å². The lowest BCUT2D eigenvalue weighted by molar-refractivity contribution is -0.384. The van der Waals surface area contributed by atoms with Gasteiger partial charge in [-0.3, -0.25) is 14.9 Å². The molecule has 4 bridgehead atoms. The number of non-ortho nitro benzene ring substituents is 1. The van der Waals surface area contributed by atoms with Gasteiger partial charge < -0.3 is 4.74 Å². The lowest BCUT2D eigenvalue weighted by atomic mass is 9.48. The summed E-state index contributed by atoms with van der Waals surface area (Å²) < 4.78 is 5.43. The fourth-order valence-electron chi connectivity index (χ4n) is 5.84. The number of hydrogen-bond donors (Lipinski definition) is 0. The summed E-state index contributed by atoms with van der Waals surface area (Å²) in [6.45, 7) is 1.66. The second kappa shape index (κ2) is 6.18. The first kappa shape index (κ1) is 17.2. The summed E-state index contributed by atoms with van der Waals surface area (Å²) in [6.07, 6.45) is 5.80. The number of rotatable bonds is 5. The van der Waals surface area contributed by atoms with Gasteiger partial charge in [0.2, 0.25) is 0 Å². The van der Waals surface area contributed by atoms with E-state index in [9.17, 15) is 19.7 Å². The van der Waals surface area contributed by atoms with Gasteiger partial charge in [-0.25, -0.2) is 4.79 Å². The number of benzene rings is 1. The van der Waals surface area contributed by atoms with Crippen molar-refractivity contribution in [2.45, 2.75) is 51.6 Å². The second-order valence-electron chi connectivity index (χ2n) is 8.41. The van der Waals surface area contributed by atoms with E-state index in [4.69, 9.17) is 4.74 Å². The van der Waals surface area contributed by atoms with E-state index in [2.05, 4.69) is 0 Å². The molecule has 0 N–H and O–H groups in total. The standard InChI is InChI=1S/C20H23NO5/c1-12(26-19(23)16-2-4-17(5-3-16)21(24)25)18(22)20-9-13-6-14(10-20)8-15(7-13)11-20/h2-5,12-15H,6-11H2,1H3/t12-,13?,14?,15?,20?/m0/s1. The first-order valence-corrected chi connectivity index (χ1v) is 9.36. The number of esters is 1. The molecular formula is C20H23NO5. The molecule has 1 atom stereocenters. The third kappa shape index (κ3) is 2.91. The predicted octanol–water partition coefficient (Wildman–Crippen LogP) is 3.93. The lowest BCUT2D eigenvalue weighted by Gasteiger charge is -2.56. The molecule has 6 nitrogen and oxygen atoms in total. The summed E-state index contributed by atoms with van der Waals surface area (Å²) in [5, 5.41) is 10.7. The van der Waals surface area contributed by atoms with Crippen molar-refractivity contribution in [1.29, 1.82) is 0 Å². The number of nitro groups is 1. The van der Waals surface area contributed by atoms with E-state index in [-0.39, 0.29) is 22.4 Å². The molecular weight excluding hydrogens is 334 g/mol. The van der Waals surface area contributed by atoms with Crippen molar-refractivity contribution in [3.8, 4) is 0 Å². The van der Waals surface area contributed by atoms with Crippen LogP contribution in [0.4, 0.5) is 5.69 Å². The van der Waals surface area contributed by atoms with E-state index in [1.807, 2.05) is 0 Å². The third-order valence-corrected chi connectivity index (χ3v) is 6.53. The average molecular weight is 357 g/mol. The molecule has 5 rings (SSSR count). The zero-order valence-corrected chi connectivity index (χ0v) is 14.8. The molecule has 0 unspecified atom stereocenters. The highest BCUT2D eigenvalue weighted by molar-refractivity contribution is 5.94. The Hall–Kier alpha value is -2.24. The Morgan fingerprint density at radius 2 is 1.58 bits per heavy atom. The van der Waals surface area contributed by atoms with Crippen molar-refractivity contribution in [3.05, 3.63) is 39.9 Å². The molecule has 0 amide bonds. The van der Waals surface area contributed by atoms with Gasteiger partial charge in [-0.05, 0) is 75.3 Å². The van der Waals surface area contributed by atoms with Crippen LogP contribution < -0.4 is 0 Å². The number of nitro benzene ring substituents is 1. The minimum absolute atomic E-state index is 0.0619. The van der Waals surface area contributed by atoms with E-state index in [1.165, 1.54) is 43.5 Å². The largest absolute Gasteiger partial charge is 0.451 e. The zero-order valence-electron chi connectivity index (χ0n) is 14.8. The number of ketones is 1. The number of ether oxygens (including phenoxy) is 1. The van der Waals surface area contributed by atoms with Crippen molar-refractivity contribution in [3.63, 3.8) is 0 Å². The molecule has 0 aromatic heterocycles. The molecule has 4 aliphatic rings. The van der Waals surface area contributed by atoms with Crippen molar-refractivity contribution < 1.29 is 19.2 Å². The Morgan fingerprint density at radius 1 is 1.08 bits per heavy atom. The zero-order chi connectivity index (χ0) is 18.5. The maximum absolute atomic E-state index is 13.1. The van der Waals surface area contributed by atoms with Crippen LogP contribution in [0.3, 0.4) is 0 Å². The Labute approximate surface area is 152 Å². The van der Waals surface area contributed by atoms with Crippen LogP contribution in [0.1, 0.15) is 55.8 Å². The smallest absolute Gasteiger partial charge is 0.338 e.